The molecule has 0 amide bonds. The smallest absolute Gasteiger partial charge is 0.143 e. The van der Waals surface area contributed by atoms with Crippen LogP contribution < -0.4 is 0 Å². The number of rotatable bonds is 3. The van der Waals surface area contributed by atoms with Crippen LogP contribution in [0.2, 0.25) is 5.15 Å². The van der Waals surface area contributed by atoms with Gasteiger partial charge in [-0.15, -0.1) is 0 Å². The van der Waals surface area contributed by atoms with Crippen molar-refractivity contribution >= 4 is 39.6 Å². The van der Waals surface area contributed by atoms with Gasteiger partial charge < -0.3 is 4.90 Å². The highest BCUT2D eigenvalue weighted by Gasteiger charge is 2.03. The summed E-state index contributed by atoms with van der Waals surface area (Å²) in [5.74, 6) is 0. The summed E-state index contributed by atoms with van der Waals surface area (Å²) in [4.78, 5) is 10.5. The highest BCUT2D eigenvalue weighted by Crippen LogP contribution is 2.27. The van der Waals surface area contributed by atoms with E-state index in [0.29, 0.717) is 5.15 Å². The molecule has 0 aromatic carbocycles. The van der Waals surface area contributed by atoms with Crippen molar-refractivity contribution in [2.45, 2.75) is 13.8 Å². The number of halogens is 2. The zero-order valence-electron chi connectivity index (χ0n) is 8.96. The Hall–Kier alpha value is -0.610. The number of nitrogens with zero attached hydrogens (tertiary/aromatic N) is 3. The Morgan fingerprint density at radius 2 is 2.33 bits per heavy atom. The molecule has 0 unspecified atom stereocenters. The average molecular weight is 291 g/mol. The van der Waals surface area contributed by atoms with Crippen LogP contribution in [0.15, 0.2) is 15.5 Å². The third-order valence-corrected chi connectivity index (χ3v) is 3.11. The molecule has 0 atom stereocenters. The number of aromatic nitrogens is 1. The Bertz CT molecular complexity index is 379. The van der Waals surface area contributed by atoms with Gasteiger partial charge in [-0.05, 0) is 35.8 Å². The molecule has 0 spiro atoms. The third-order valence-electron chi connectivity index (χ3n) is 1.99. The molecule has 15 heavy (non-hydrogen) atoms. The number of hydrogen-bond donors (Lipinski definition) is 0. The Morgan fingerprint density at radius 1 is 1.67 bits per heavy atom. The van der Waals surface area contributed by atoms with Gasteiger partial charge in [-0.1, -0.05) is 11.6 Å². The lowest BCUT2D eigenvalue weighted by atomic mass is 10.3. The van der Waals surface area contributed by atoms with Crippen LogP contribution in [0.25, 0.3) is 0 Å². The molecule has 0 aliphatic heterocycles. The summed E-state index contributed by atoms with van der Waals surface area (Å²) in [6, 6.07) is 1.87. The molecule has 1 rings (SSSR count). The summed E-state index contributed by atoms with van der Waals surface area (Å²) in [7, 11) is 1.97. The molecule has 1 heterocycles. The lowest BCUT2D eigenvalue weighted by molar-refractivity contribution is 0.552. The monoisotopic (exact) mass is 289 g/mol. The van der Waals surface area contributed by atoms with Crippen molar-refractivity contribution in [1.82, 2.24) is 9.88 Å². The van der Waals surface area contributed by atoms with Crippen LogP contribution in [-0.2, 0) is 0 Å². The predicted molar refractivity (Wildman–Crippen MR) is 68.1 cm³/mol. The number of aryl methyl sites for hydroxylation is 1. The fourth-order valence-corrected chi connectivity index (χ4v) is 1.40. The molecular formula is C10H13BrClN3. The zero-order chi connectivity index (χ0) is 11.4. The summed E-state index contributed by atoms with van der Waals surface area (Å²) >= 11 is 9.18. The molecule has 0 aliphatic rings. The first-order valence-electron chi connectivity index (χ1n) is 4.61. The summed E-state index contributed by atoms with van der Waals surface area (Å²) in [6.45, 7) is 4.87. The normalized spacial score (nSPS) is 11.0. The molecule has 0 bridgehead atoms. The molecule has 3 nitrogen and oxygen atoms in total. The van der Waals surface area contributed by atoms with Crippen LogP contribution in [-0.4, -0.2) is 29.8 Å². The van der Waals surface area contributed by atoms with Gasteiger partial charge in [-0.25, -0.2) is 9.98 Å². The van der Waals surface area contributed by atoms with Gasteiger partial charge in [0, 0.05) is 13.6 Å². The molecule has 82 valence electrons. The van der Waals surface area contributed by atoms with E-state index in [0.717, 1.165) is 22.4 Å². The predicted octanol–water partition coefficient (Wildman–Crippen LogP) is 3.42. The number of hydrogen-bond acceptors (Lipinski definition) is 2. The second kappa shape index (κ2) is 5.47. The van der Waals surface area contributed by atoms with Crippen molar-refractivity contribution in [3.8, 4) is 0 Å². The van der Waals surface area contributed by atoms with Crippen LogP contribution in [0.4, 0.5) is 5.69 Å². The van der Waals surface area contributed by atoms with Crippen molar-refractivity contribution in [3.63, 3.8) is 0 Å². The summed E-state index contributed by atoms with van der Waals surface area (Å²) < 4.78 is 0.765. The SMILES string of the molecule is CCN(C)/C=N/c1cc(Br)c(Cl)nc1C. The van der Waals surface area contributed by atoms with Crippen molar-refractivity contribution < 1.29 is 0 Å². The van der Waals surface area contributed by atoms with Crippen molar-refractivity contribution in [1.29, 1.82) is 0 Å². The quantitative estimate of drug-likeness (QED) is 0.485. The molecule has 0 saturated heterocycles. The minimum absolute atomic E-state index is 0.468. The minimum Gasteiger partial charge on any atom is -0.366 e. The number of pyridine rings is 1. The van der Waals surface area contributed by atoms with E-state index in [4.69, 9.17) is 11.6 Å². The first-order valence-corrected chi connectivity index (χ1v) is 5.78. The summed E-state index contributed by atoms with van der Waals surface area (Å²) in [6.07, 6.45) is 1.78. The highest BCUT2D eigenvalue weighted by molar-refractivity contribution is 9.10. The minimum atomic E-state index is 0.468. The Kier molecular flexibility index (Phi) is 4.54. The molecule has 1 aromatic heterocycles. The van der Waals surface area contributed by atoms with Crippen LogP contribution in [0.5, 0.6) is 0 Å². The van der Waals surface area contributed by atoms with Crippen molar-refractivity contribution in [2.24, 2.45) is 4.99 Å². The fourth-order valence-electron chi connectivity index (χ4n) is 0.915. The molecule has 1 aromatic rings. The van der Waals surface area contributed by atoms with E-state index in [9.17, 15) is 0 Å². The van der Waals surface area contributed by atoms with E-state index in [-0.39, 0.29) is 0 Å². The van der Waals surface area contributed by atoms with Gasteiger partial charge >= 0.3 is 0 Å². The van der Waals surface area contributed by atoms with Crippen LogP contribution in [0, 0.1) is 6.92 Å². The summed E-state index contributed by atoms with van der Waals surface area (Å²) in [5, 5.41) is 0.468. The Balaban J connectivity index is 2.95. The Labute approximate surface area is 103 Å². The molecule has 0 fully saturated rings. The van der Waals surface area contributed by atoms with E-state index in [2.05, 4.69) is 32.8 Å². The lowest BCUT2D eigenvalue weighted by Gasteiger charge is -2.08. The zero-order valence-corrected chi connectivity index (χ0v) is 11.3. The van der Waals surface area contributed by atoms with Crippen molar-refractivity contribution in [2.75, 3.05) is 13.6 Å². The maximum atomic E-state index is 5.86. The van der Waals surface area contributed by atoms with Gasteiger partial charge in [0.05, 0.1) is 22.2 Å². The Morgan fingerprint density at radius 3 is 2.93 bits per heavy atom. The maximum Gasteiger partial charge on any atom is 0.143 e. The van der Waals surface area contributed by atoms with Gasteiger partial charge in [0.1, 0.15) is 5.15 Å². The van der Waals surface area contributed by atoms with E-state index in [1.54, 1.807) is 6.34 Å². The van der Waals surface area contributed by atoms with Gasteiger partial charge in [-0.3, -0.25) is 0 Å². The van der Waals surface area contributed by atoms with Gasteiger partial charge in [0.15, 0.2) is 0 Å². The lowest BCUT2D eigenvalue weighted by Crippen LogP contribution is -2.14. The van der Waals surface area contributed by atoms with Crippen LogP contribution in [0.3, 0.4) is 0 Å². The molecule has 5 heteroatoms. The largest absolute Gasteiger partial charge is 0.366 e. The molecule has 0 saturated carbocycles. The first-order chi connectivity index (χ1) is 7.04. The van der Waals surface area contributed by atoms with E-state index >= 15 is 0 Å². The second-order valence-corrected chi connectivity index (χ2v) is 4.40. The van der Waals surface area contributed by atoms with E-state index in [1.807, 2.05) is 24.9 Å². The summed E-state index contributed by atoms with van der Waals surface area (Å²) in [5.41, 5.74) is 1.65. The van der Waals surface area contributed by atoms with Crippen molar-refractivity contribution in [3.05, 3.63) is 21.4 Å². The highest BCUT2D eigenvalue weighted by atomic mass is 79.9. The molecular weight excluding hydrogens is 277 g/mol. The van der Waals surface area contributed by atoms with Gasteiger partial charge in [0.25, 0.3) is 0 Å². The molecule has 0 N–H and O–H groups in total. The molecule has 0 radical (unpaired) electrons. The van der Waals surface area contributed by atoms with E-state index in [1.165, 1.54) is 0 Å². The topological polar surface area (TPSA) is 28.5 Å². The second-order valence-electron chi connectivity index (χ2n) is 3.18. The maximum absolute atomic E-state index is 5.86. The first kappa shape index (κ1) is 12.5. The number of aliphatic imine (C=N–C) groups is 1. The third kappa shape index (κ3) is 3.47. The van der Waals surface area contributed by atoms with Crippen LogP contribution in [0.1, 0.15) is 12.6 Å². The molecule has 0 aliphatic carbocycles. The standard InChI is InChI=1S/C10H13BrClN3/c1-4-15(3)6-13-9-5-8(11)10(12)14-7(9)2/h5-6H,4H2,1-3H3/b13-6+. The van der Waals surface area contributed by atoms with Gasteiger partial charge in [0.2, 0.25) is 0 Å². The average Bonchev–Trinajstić information content (AvgIpc) is 2.21. The van der Waals surface area contributed by atoms with Gasteiger partial charge in [-0.2, -0.15) is 0 Å². The van der Waals surface area contributed by atoms with E-state index < -0.39 is 0 Å². The van der Waals surface area contributed by atoms with Crippen LogP contribution >= 0.6 is 27.5 Å². The fraction of sp³-hybridized carbons (Fsp3) is 0.400.